The molecule has 0 unspecified atom stereocenters. The molecule has 0 fully saturated rings. The first kappa shape index (κ1) is 10.5. The Morgan fingerprint density at radius 1 is 1.29 bits per heavy atom. The van der Waals surface area contributed by atoms with Crippen LogP contribution in [0.25, 0.3) is 0 Å². The van der Waals surface area contributed by atoms with Crippen molar-refractivity contribution >= 4 is 0 Å². The molecular weight excluding hydrogens is 132 g/mol. The fourth-order valence-corrected chi connectivity index (χ4v) is 0. The van der Waals surface area contributed by atoms with E-state index in [0.29, 0.717) is 0 Å². The Kier molecular flexibility index (Phi) is 5.20. The molecule has 0 saturated carbocycles. The van der Waals surface area contributed by atoms with Crippen molar-refractivity contribution in [2.24, 2.45) is 5.41 Å². The monoisotopic (exact) mass is 144 g/mol. The first-order chi connectivity index (χ1) is 2.56. The second-order valence-corrected chi connectivity index (χ2v) is 2.72. The second-order valence-electron chi connectivity index (χ2n) is 2.72. The third kappa shape index (κ3) is 10.7. The first-order valence-electron chi connectivity index (χ1n) is 2.17. The summed E-state index contributed by atoms with van der Waals surface area (Å²) in [7, 11) is 0. The van der Waals surface area contributed by atoms with Gasteiger partial charge in [0.15, 0.2) is 0 Å². The predicted molar refractivity (Wildman–Crippen MR) is 26.5 cm³/mol. The summed E-state index contributed by atoms with van der Waals surface area (Å²) < 4.78 is 0. The Bertz CT molecular complexity index is 37.8. The Morgan fingerprint density at radius 2 is 1.43 bits per heavy atom. The van der Waals surface area contributed by atoms with Crippen molar-refractivity contribution in [2.75, 3.05) is 6.61 Å². The van der Waals surface area contributed by atoms with Crippen molar-refractivity contribution in [1.82, 2.24) is 0 Å². The molecule has 1 N–H and O–H groups in total. The van der Waals surface area contributed by atoms with E-state index in [1.807, 2.05) is 20.8 Å². The van der Waals surface area contributed by atoms with E-state index in [0.717, 1.165) is 0 Å². The summed E-state index contributed by atoms with van der Waals surface area (Å²) in [5, 5.41) is 8.40. The van der Waals surface area contributed by atoms with Crippen molar-refractivity contribution in [3.63, 3.8) is 0 Å². The van der Waals surface area contributed by atoms with E-state index in [-0.39, 0.29) is 29.1 Å². The van der Waals surface area contributed by atoms with Gasteiger partial charge in [-0.05, 0) is 5.41 Å². The number of aliphatic hydroxyl groups is 1. The molecule has 0 aliphatic heterocycles. The van der Waals surface area contributed by atoms with Gasteiger partial charge in [-0.2, -0.15) is 0 Å². The summed E-state index contributed by atoms with van der Waals surface area (Å²) in [6, 6.07) is 0. The molecule has 0 radical (unpaired) electrons. The van der Waals surface area contributed by atoms with E-state index in [4.69, 9.17) is 5.11 Å². The van der Waals surface area contributed by atoms with Gasteiger partial charge in [0, 0.05) is 23.7 Å². The maximum Gasteiger partial charge on any atom is 0.0479 e. The first-order valence-corrected chi connectivity index (χ1v) is 2.17. The van der Waals surface area contributed by atoms with E-state index < -0.39 is 0 Å². The molecule has 7 heavy (non-hydrogen) atoms. The quantitative estimate of drug-likeness (QED) is 0.503. The van der Waals surface area contributed by atoms with Gasteiger partial charge in [0.05, 0.1) is 0 Å². The second kappa shape index (κ2) is 3.48. The number of hydrogen-bond acceptors (Lipinski definition) is 1. The molecule has 2 heteroatoms. The third-order valence-corrected chi connectivity index (χ3v) is 0.474. The smallest absolute Gasteiger partial charge is 0.0479 e. The Balaban J connectivity index is 0. The van der Waals surface area contributed by atoms with Gasteiger partial charge in [-0.1, -0.05) is 20.8 Å². The molecule has 0 aromatic rings. The zero-order valence-corrected chi connectivity index (χ0v) is 6.11. The van der Waals surface area contributed by atoms with Crippen LogP contribution in [0.5, 0.6) is 0 Å². The number of rotatable bonds is 0. The van der Waals surface area contributed by atoms with Crippen molar-refractivity contribution in [2.45, 2.75) is 20.8 Å². The van der Waals surface area contributed by atoms with Crippen molar-refractivity contribution in [3.8, 4) is 0 Å². The minimum atomic E-state index is 0. The molecule has 0 aliphatic carbocycles. The minimum Gasteiger partial charge on any atom is -0.396 e. The fourth-order valence-electron chi connectivity index (χ4n) is 0. The van der Waals surface area contributed by atoms with Crippen LogP contribution in [-0.2, 0) is 17.1 Å². The zero-order chi connectivity index (χ0) is 5.21. The largest absolute Gasteiger partial charge is 0.396 e. The van der Waals surface area contributed by atoms with Crippen molar-refractivity contribution in [1.29, 1.82) is 0 Å². The van der Waals surface area contributed by atoms with Crippen LogP contribution in [-0.4, -0.2) is 11.7 Å². The molecule has 1 nitrogen and oxygen atoms in total. The van der Waals surface area contributed by atoms with E-state index in [1.54, 1.807) is 0 Å². The molecule has 0 amide bonds. The van der Waals surface area contributed by atoms with Crippen molar-refractivity contribution in [3.05, 3.63) is 0 Å². The molecule has 0 aromatic heterocycles. The normalized spacial score (nSPS) is 10.3. The predicted octanol–water partition coefficient (Wildman–Crippen LogP) is 1.02. The molecule has 46 valence electrons. The van der Waals surface area contributed by atoms with Gasteiger partial charge < -0.3 is 5.11 Å². The SMILES string of the molecule is CC(C)(C)CO.[Fe]. The Morgan fingerprint density at radius 3 is 1.43 bits per heavy atom. The molecular formula is C5H12FeO. The van der Waals surface area contributed by atoms with E-state index in [1.165, 1.54) is 0 Å². The van der Waals surface area contributed by atoms with E-state index >= 15 is 0 Å². The van der Waals surface area contributed by atoms with Crippen LogP contribution in [0.15, 0.2) is 0 Å². The van der Waals surface area contributed by atoms with E-state index in [9.17, 15) is 0 Å². The van der Waals surface area contributed by atoms with Crippen LogP contribution in [0.3, 0.4) is 0 Å². The van der Waals surface area contributed by atoms with Crippen molar-refractivity contribution < 1.29 is 22.2 Å². The topological polar surface area (TPSA) is 20.2 Å². The average molecular weight is 144 g/mol. The Labute approximate surface area is 55.6 Å². The molecule has 0 aromatic carbocycles. The van der Waals surface area contributed by atoms with Crippen LogP contribution in [0, 0.1) is 5.41 Å². The minimum absolute atomic E-state index is 0. The van der Waals surface area contributed by atoms with Gasteiger partial charge in [0.1, 0.15) is 0 Å². The average Bonchev–Trinajstić information content (AvgIpc) is 1.35. The van der Waals surface area contributed by atoms with Crippen LogP contribution < -0.4 is 0 Å². The molecule has 0 heterocycles. The maximum atomic E-state index is 8.40. The molecule has 0 saturated heterocycles. The molecule has 0 spiro atoms. The van der Waals surface area contributed by atoms with Crippen LogP contribution in [0.4, 0.5) is 0 Å². The Hall–Kier alpha value is 0.479. The summed E-state index contributed by atoms with van der Waals surface area (Å²) in [5.74, 6) is 0. The van der Waals surface area contributed by atoms with Gasteiger partial charge >= 0.3 is 0 Å². The third-order valence-electron chi connectivity index (χ3n) is 0.474. The number of hydrogen-bond donors (Lipinski definition) is 1. The molecule has 0 atom stereocenters. The van der Waals surface area contributed by atoms with Gasteiger partial charge in [0.2, 0.25) is 0 Å². The summed E-state index contributed by atoms with van der Waals surface area (Å²) in [6.07, 6.45) is 0. The van der Waals surface area contributed by atoms with Crippen LogP contribution >= 0.6 is 0 Å². The van der Waals surface area contributed by atoms with Crippen LogP contribution in [0.1, 0.15) is 20.8 Å². The van der Waals surface area contributed by atoms with Gasteiger partial charge in [-0.15, -0.1) is 0 Å². The number of aliphatic hydroxyl groups excluding tert-OH is 1. The van der Waals surface area contributed by atoms with Gasteiger partial charge in [-0.25, -0.2) is 0 Å². The maximum absolute atomic E-state index is 8.40. The summed E-state index contributed by atoms with van der Waals surface area (Å²) >= 11 is 0. The molecule has 0 aliphatic rings. The van der Waals surface area contributed by atoms with Gasteiger partial charge in [0.25, 0.3) is 0 Å². The zero-order valence-electron chi connectivity index (χ0n) is 5.01. The molecule has 0 rings (SSSR count). The standard InChI is InChI=1S/C5H12O.Fe/c1-5(2,3)4-6;/h6H,4H2,1-3H3;. The summed E-state index contributed by atoms with van der Waals surface area (Å²) in [6.45, 7) is 6.25. The van der Waals surface area contributed by atoms with Gasteiger partial charge in [-0.3, -0.25) is 0 Å². The molecule has 0 bridgehead atoms. The summed E-state index contributed by atoms with van der Waals surface area (Å²) in [5.41, 5.74) is 0.0972. The fraction of sp³-hybridized carbons (Fsp3) is 1.00. The summed E-state index contributed by atoms with van der Waals surface area (Å²) in [4.78, 5) is 0. The van der Waals surface area contributed by atoms with E-state index in [2.05, 4.69) is 0 Å². The van der Waals surface area contributed by atoms with Crippen LogP contribution in [0.2, 0.25) is 0 Å².